The van der Waals surface area contributed by atoms with Gasteiger partial charge in [-0.15, -0.1) is 11.3 Å². The number of nitrogens with one attached hydrogen (secondary N) is 2. The van der Waals surface area contributed by atoms with Gasteiger partial charge >= 0.3 is 0 Å². The quantitative estimate of drug-likeness (QED) is 0.249. The van der Waals surface area contributed by atoms with E-state index in [0.717, 1.165) is 15.9 Å². The molecule has 2 N–H and O–H groups in total. The number of rotatable bonds is 6. The van der Waals surface area contributed by atoms with Crippen LogP contribution in [0.4, 0.5) is 15.8 Å². The first-order chi connectivity index (χ1) is 17.6. The average Bonchev–Trinajstić information content (AvgIpc) is 3.41. The molecule has 2 heterocycles. The summed E-state index contributed by atoms with van der Waals surface area (Å²) in [5.41, 5.74) is 2.58. The molecule has 0 spiro atoms. The molecule has 3 aromatic carbocycles. The fourth-order valence-electron chi connectivity index (χ4n) is 3.84. The van der Waals surface area contributed by atoms with Crippen LogP contribution in [0.1, 0.15) is 20.9 Å². The first kappa shape index (κ1) is 24.9. The second-order valence-electron chi connectivity index (χ2n) is 8.35. The summed E-state index contributed by atoms with van der Waals surface area (Å²) >= 11 is 7.21. The fourth-order valence-corrected chi connectivity index (χ4v) is 6.43. The van der Waals surface area contributed by atoms with E-state index >= 15 is 0 Å². The van der Waals surface area contributed by atoms with Crippen LogP contribution >= 0.6 is 22.9 Å². The Morgan fingerprint density at radius 2 is 1.76 bits per heavy atom. The van der Waals surface area contributed by atoms with E-state index in [-0.39, 0.29) is 16.6 Å². The summed E-state index contributed by atoms with van der Waals surface area (Å²) in [7, 11) is -3.94. The van der Waals surface area contributed by atoms with Crippen molar-refractivity contribution in [2.24, 2.45) is 0 Å². The number of fused-ring (bicyclic) bond motifs is 1. The van der Waals surface area contributed by atoms with E-state index in [2.05, 4.69) is 15.1 Å². The van der Waals surface area contributed by atoms with Crippen molar-refractivity contribution in [2.75, 3.05) is 10.0 Å². The second-order valence-corrected chi connectivity index (χ2v) is 11.5. The second kappa shape index (κ2) is 9.62. The number of amides is 1. The third-order valence-corrected chi connectivity index (χ3v) is 8.52. The lowest BCUT2D eigenvalue weighted by Crippen LogP contribution is -2.16. The molecule has 1 amide bonds. The predicted octanol–water partition coefficient (Wildman–Crippen LogP) is 6.55. The van der Waals surface area contributed by atoms with Crippen LogP contribution in [0.25, 0.3) is 15.9 Å². The van der Waals surface area contributed by atoms with Crippen LogP contribution < -0.4 is 10.0 Å². The monoisotopic (exact) mass is 554 g/mol. The molecule has 0 fully saturated rings. The van der Waals surface area contributed by atoms with Crippen LogP contribution in [0.2, 0.25) is 5.02 Å². The molecule has 0 aliphatic rings. The smallest absolute Gasteiger partial charge is 0.265 e. The summed E-state index contributed by atoms with van der Waals surface area (Å²) < 4.78 is 43.7. The Kier molecular flexibility index (Phi) is 6.49. The Hall–Kier alpha value is -3.73. The van der Waals surface area contributed by atoms with Gasteiger partial charge in [-0.2, -0.15) is 5.10 Å². The van der Waals surface area contributed by atoms with Gasteiger partial charge in [0.05, 0.1) is 26.8 Å². The summed E-state index contributed by atoms with van der Waals surface area (Å²) in [6, 6.07) is 18.8. The molecular formula is C26H20ClFN4O3S2. The topological polar surface area (TPSA) is 93.1 Å². The van der Waals surface area contributed by atoms with E-state index < -0.39 is 10.0 Å². The molecule has 5 aromatic rings. The first-order valence-corrected chi connectivity index (χ1v) is 13.7. The van der Waals surface area contributed by atoms with Crippen molar-refractivity contribution >= 4 is 60.5 Å². The molecule has 0 bridgehead atoms. The van der Waals surface area contributed by atoms with Crippen molar-refractivity contribution < 1.29 is 17.6 Å². The third kappa shape index (κ3) is 5.08. The van der Waals surface area contributed by atoms with Gasteiger partial charge in [0.25, 0.3) is 15.9 Å². The number of carbonyl (C=O) groups is 1. The Labute approximate surface area is 221 Å². The van der Waals surface area contributed by atoms with Gasteiger partial charge in [0, 0.05) is 16.1 Å². The summed E-state index contributed by atoms with van der Waals surface area (Å²) in [5.74, 6) is -0.737. The maximum Gasteiger partial charge on any atom is 0.265 e. The van der Waals surface area contributed by atoms with Gasteiger partial charge in [0.15, 0.2) is 0 Å². The first-order valence-electron chi connectivity index (χ1n) is 11.1. The molecule has 0 saturated heterocycles. The summed E-state index contributed by atoms with van der Waals surface area (Å²) in [6.07, 6.45) is 0. The molecule has 0 aliphatic heterocycles. The molecule has 5 rings (SSSR count). The largest absolute Gasteiger partial charge is 0.321 e. The number of hydrogen-bond acceptors (Lipinski definition) is 5. The molecule has 0 unspecified atom stereocenters. The van der Waals surface area contributed by atoms with Gasteiger partial charge in [-0.05, 0) is 80.1 Å². The number of halogens is 2. The lowest BCUT2D eigenvalue weighted by Gasteiger charge is -2.13. The minimum absolute atomic E-state index is 0.0319. The van der Waals surface area contributed by atoms with Gasteiger partial charge in [-0.1, -0.05) is 23.7 Å². The van der Waals surface area contributed by atoms with E-state index in [1.807, 2.05) is 6.92 Å². The highest BCUT2D eigenvalue weighted by atomic mass is 35.5. The van der Waals surface area contributed by atoms with Crippen LogP contribution in [0.15, 0.2) is 77.7 Å². The molecular weight excluding hydrogens is 535 g/mol. The van der Waals surface area contributed by atoms with Crippen LogP contribution in [0.5, 0.6) is 0 Å². The molecule has 7 nitrogen and oxygen atoms in total. The van der Waals surface area contributed by atoms with Crippen LogP contribution in [0.3, 0.4) is 0 Å². The fraction of sp³-hybridized carbons (Fsp3) is 0.0769. The lowest BCUT2D eigenvalue weighted by molar-refractivity contribution is 0.103. The minimum atomic E-state index is -3.94. The number of carbonyl (C=O) groups excluding carboxylic acids is 1. The zero-order valence-electron chi connectivity index (χ0n) is 19.6. The van der Waals surface area contributed by atoms with Gasteiger partial charge in [0.1, 0.15) is 10.6 Å². The molecule has 11 heteroatoms. The molecule has 0 saturated carbocycles. The minimum Gasteiger partial charge on any atom is -0.321 e. The Morgan fingerprint density at radius 3 is 2.49 bits per heavy atom. The number of anilines is 2. The number of hydrogen-bond donors (Lipinski definition) is 2. The highest BCUT2D eigenvalue weighted by Gasteiger charge is 2.21. The molecule has 0 aliphatic carbocycles. The van der Waals surface area contributed by atoms with Crippen molar-refractivity contribution in [2.45, 2.75) is 18.7 Å². The lowest BCUT2D eigenvalue weighted by atomic mass is 10.2. The van der Waals surface area contributed by atoms with Crippen molar-refractivity contribution in [3.8, 4) is 5.69 Å². The Morgan fingerprint density at radius 1 is 1.00 bits per heavy atom. The number of benzene rings is 3. The third-order valence-electron chi connectivity index (χ3n) is 5.65. The van der Waals surface area contributed by atoms with E-state index in [1.54, 1.807) is 60.1 Å². The van der Waals surface area contributed by atoms with Crippen LogP contribution in [0, 0.1) is 19.7 Å². The molecule has 0 radical (unpaired) electrons. The molecule has 188 valence electrons. The number of sulfonamides is 1. The number of nitrogens with zero attached hydrogens (tertiary/aromatic N) is 2. The van der Waals surface area contributed by atoms with Gasteiger partial charge < -0.3 is 5.32 Å². The maximum atomic E-state index is 13.4. The average molecular weight is 555 g/mol. The number of aryl methyl sites for hydroxylation is 2. The van der Waals surface area contributed by atoms with Crippen LogP contribution in [-0.4, -0.2) is 24.1 Å². The Balaban J connectivity index is 1.42. The maximum absolute atomic E-state index is 13.4. The van der Waals surface area contributed by atoms with E-state index in [9.17, 15) is 17.6 Å². The summed E-state index contributed by atoms with van der Waals surface area (Å²) in [5, 5.41) is 8.50. The zero-order valence-corrected chi connectivity index (χ0v) is 22.0. The zero-order chi connectivity index (χ0) is 26.3. The molecule has 0 atom stereocenters. The Bertz CT molecular complexity index is 1760. The molecule has 37 heavy (non-hydrogen) atoms. The normalized spacial score (nSPS) is 11.6. The van der Waals surface area contributed by atoms with Crippen molar-refractivity contribution in [3.63, 3.8) is 0 Å². The van der Waals surface area contributed by atoms with Crippen LogP contribution in [-0.2, 0) is 10.0 Å². The van der Waals surface area contributed by atoms with Crippen molar-refractivity contribution in [1.82, 2.24) is 9.78 Å². The van der Waals surface area contributed by atoms with E-state index in [0.29, 0.717) is 32.5 Å². The predicted molar refractivity (Wildman–Crippen MR) is 145 cm³/mol. The van der Waals surface area contributed by atoms with E-state index in [4.69, 9.17) is 11.6 Å². The van der Waals surface area contributed by atoms with Gasteiger partial charge in [0.2, 0.25) is 0 Å². The summed E-state index contributed by atoms with van der Waals surface area (Å²) in [6.45, 7) is 3.51. The van der Waals surface area contributed by atoms with Crippen molar-refractivity contribution in [1.29, 1.82) is 0 Å². The number of aromatic nitrogens is 2. The highest BCUT2D eigenvalue weighted by molar-refractivity contribution is 7.92. The summed E-state index contributed by atoms with van der Waals surface area (Å²) in [4.78, 5) is 14.3. The highest BCUT2D eigenvalue weighted by Crippen LogP contribution is 2.31. The van der Waals surface area contributed by atoms with E-state index in [1.165, 1.54) is 35.6 Å². The molecule has 2 aromatic heterocycles. The van der Waals surface area contributed by atoms with Gasteiger partial charge in [-0.25, -0.2) is 17.5 Å². The van der Waals surface area contributed by atoms with Gasteiger partial charge in [-0.3, -0.25) is 9.52 Å². The number of thiophene rings is 1. The van der Waals surface area contributed by atoms with Crippen molar-refractivity contribution in [3.05, 3.63) is 99.8 Å². The SMILES string of the molecule is Cc1ccc(NC(=O)c2cc3c(C)nn(-c4ccc(F)cc4)c3s2)cc1S(=O)(=O)Nc1cccc(Cl)c1. The standard InChI is InChI=1S/C26H20ClFN4O3S2/c1-15-6-9-19(13-24(15)37(34,35)31-20-5-3-4-17(27)12-20)29-25(33)23-14-22-16(2)30-32(26(22)36-23)21-10-7-18(28)8-11-21/h3-14,31H,1-2H3,(H,29,33).